The Labute approximate surface area is 155 Å². The van der Waals surface area contributed by atoms with Crippen LogP contribution in [0.25, 0.3) is 0 Å². The molecule has 1 aliphatic heterocycles. The number of rotatable bonds is 3. The largest absolute Gasteiger partial charge is 0.393 e. The van der Waals surface area contributed by atoms with Crippen LogP contribution in [-0.2, 0) is 16.7 Å². The summed E-state index contributed by atoms with van der Waals surface area (Å²) in [5.41, 5.74) is 2.23. The molecular weight excluding hydrogens is 330 g/mol. The summed E-state index contributed by atoms with van der Waals surface area (Å²) in [6.07, 6.45) is 6.09. The Balaban J connectivity index is 1.67. The van der Waals surface area contributed by atoms with Gasteiger partial charge in [-0.3, -0.25) is 4.98 Å². The SMILES string of the molecule is CC(C)(C)c1ccncc1CNC(=O)N1CCOCC1C1CCCC1O. The van der Waals surface area contributed by atoms with Crippen molar-refractivity contribution in [1.82, 2.24) is 15.2 Å². The van der Waals surface area contributed by atoms with Crippen LogP contribution in [0, 0.1) is 5.92 Å². The topological polar surface area (TPSA) is 74.7 Å². The highest BCUT2D eigenvalue weighted by Crippen LogP contribution is 2.32. The van der Waals surface area contributed by atoms with Crippen LogP contribution in [0.15, 0.2) is 18.5 Å². The van der Waals surface area contributed by atoms with Crippen LogP contribution >= 0.6 is 0 Å². The van der Waals surface area contributed by atoms with Crippen molar-refractivity contribution < 1.29 is 14.6 Å². The van der Waals surface area contributed by atoms with E-state index in [2.05, 4.69) is 31.1 Å². The molecule has 1 aromatic rings. The lowest BCUT2D eigenvalue weighted by Gasteiger charge is -2.40. The molecule has 6 heteroatoms. The number of pyridine rings is 1. The lowest BCUT2D eigenvalue weighted by atomic mass is 9.85. The Morgan fingerprint density at radius 1 is 1.42 bits per heavy atom. The van der Waals surface area contributed by atoms with E-state index in [1.54, 1.807) is 6.20 Å². The Kier molecular flexibility index (Phi) is 5.82. The number of nitrogens with one attached hydrogen (secondary N) is 1. The van der Waals surface area contributed by atoms with Crippen molar-refractivity contribution in [3.63, 3.8) is 0 Å². The average molecular weight is 361 g/mol. The molecule has 0 spiro atoms. The van der Waals surface area contributed by atoms with Gasteiger partial charge in [-0.25, -0.2) is 4.79 Å². The fourth-order valence-corrected chi connectivity index (χ4v) is 4.22. The van der Waals surface area contributed by atoms with E-state index < -0.39 is 0 Å². The molecule has 2 N–H and O–H groups in total. The maximum atomic E-state index is 12.9. The molecule has 3 rings (SSSR count). The number of ether oxygens (including phenoxy) is 1. The van der Waals surface area contributed by atoms with E-state index in [-0.39, 0.29) is 29.5 Å². The molecular formula is C20H31N3O3. The number of aliphatic hydroxyl groups is 1. The summed E-state index contributed by atoms with van der Waals surface area (Å²) in [7, 11) is 0. The molecule has 0 radical (unpaired) electrons. The van der Waals surface area contributed by atoms with Gasteiger partial charge in [-0.2, -0.15) is 0 Å². The summed E-state index contributed by atoms with van der Waals surface area (Å²) in [5, 5.41) is 13.3. The summed E-state index contributed by atoms with van der Waals surface area (Å²) in [6, 6.07) is 1.90. The molecule has 3 atom stereocenters. The van der Waals surface area contributed by atoms with Gasteiger partial charge in [-0.15, -0.1) is 0 Å². The van der Waals surface area contributed by atoms with Crippen molar-refractivity contribution >= 4 is 6.03 Å². The Hall–Kier alpha value is -1.66. The minimum absolute atomic E-state index is 0.00153. The minimum Gasteiger partial charge on any atom is -0.393 e. The molecule has 6 nitrogen and oxygen atoms in total. The van der Waals surface area contributed by atoms with E-state index in [1.807, 2.05) is 17.2 Å². The third-order valence-electron chi connectivity index (χ3n) is 5.59. The van der Waals surface area contributed by atoms with Crippen LogP contribution in [0.3, 0.4) is 0 Å². The first-order chi connectivity index (χ1) is 12.4. The predicted octanol–water partition coefficient (Wildman–Crippen LogP) is 2.45. The highest BCUT2D eigenvalue weighted by atomic mass is 16.5. The van der Waals surface area contributed by atoms with E-state index in [0.717, 1.165) is 24.8 Å². The molecule has 144 valence electrons. The zero-order chi connectivity index (χ0) is 18.7. The quantitative estimate of drug-likeness (QED) is 0.867. The zero-order valence-corrected chi connectivity index (χ0v) is 16.1. The number of nitrogens with zero attached hydrogens (tertiary/aromatic N) is 2. The molecule has 1 saturated carbocycles. The monoisotopic (exact) mass is 361 g/mol. The summed E-state index contributed by atoms with van der Waals surface area (Å²) in [4.78, 5) is 18.9. The van der Waals surface area contributed by atoms with Crippen LogP contribution in [-0.4, -0.2) is 52.9 Å². The molecule has 1 aromatic heterocycles. The van der Waals surface area contributed by atoms with Gasteiger partial charge in [0.05, 0.1) is 25.4 Å². The molecule has 1 saturated heterocycles. The third kappa shape index (κ3) is 4.18. The van der Waals surface area contributed by atoms with Gasteiger partial charge in [0.25, 0.3) is 0 Å². The highest BCUT2D eigenvalue weighted by molar-refractivity contribution is 5.74. The van der Waals surface area contributed by atoms with Crippen LogP contribution in [0.2, 0.25) is 0 Å². The molecule has 26 heavy (non-hydrogen) atoms. The summed E-state index contributed by atoms with van der Waals surface area (Å²) in [6.45, 7) is 8.56. The van der Waals surface area contributed by atoms with E-state index >= 15 is 0 Å². The van der Waals surface area contributed by atoms with Gasteiger partial charge in [0.2, 0.25) is 0 Å². The fourth-order valence-electron chi connectivity index (χ4n) is 4.22. The zero-order valence-electron chi connectivity index (χ0n) is 16.1. The number of morpholine rings is 1. The lowest BCUT2D eigenvalue weighted by molar-refractivity contribution is -0.0309. The van der Waals surface area contributed by atoms with Gasteiger partial charge in [-0.1, -0.05) is 27.2 Å². The summed E-state index contributed by atoms with van der Waals surface area (Å²) < 4.78 is 5.61. The number of hydrogen-bond donors (Lipinski definition) is 2. The highest BCUT2D eigenvalue weighted by Gasteiger charge is 2.39. The first-order valence-electron chi connectivity index (χ1n) is 9.61. The van der Waals surface area contributed by atoms with Crippen LogP contribution < -0.4 is 5.32 Å². The second-order valence-electron chi connectivity index (χ2n) is 8.44. The average Bonchev–Trinajstić information content (AvgIpc) is 3.05. The van der Waals surface area contributed by atoms with E-state index in [9.17, 15) is 9.90 Å². The summed E-state index contributed by atoms with van der Waals surface area (Å²) >= 11 is 0. The van der Waals surface area contributed by atoms with Crippen LogP contribution in [0.4, 0.5) is 4.79 Å². The van der Waals surface area contributed by atoms with E-state index in [0.29, 0.717) is 26.3 Å². The van der Waals surface area contributed by atoms with E-state index in [4.69, 9.17) is 4.74 Å². The number of carbonyl (C=O) groups excluding carboxylic acids is 1. The van der Waals surface area contributed by atoms with Crippen molar-refractivity contribution in [2.75, 3.05) is 19.8 Å². The second-order valence-corrected chi connectivity index (χ2v) is 8.44. The molecule has 0 aromatic carbocycles. The van der Waals surface area contributed by atoms with Crippen LogP contribution in [0.5, 0.6) is 0 Å². The normalized spacial score (nSPS) is 26.8. The van der Waals surface area contributed by atoms with Crippen molar-refractivity contribution in [2.24, 2.45) is 5.92 Å². The van der Waals surface area contributed by atoms with Crippen molar-refractivity contribution in [3.8, 4) is 0 Å². The number of carbonyl (C=O) groups is 1. The first kappa shape index (κ1) is 19.1. The Morgan fingerprint density at radius 3 is 2.92 bits per heavy atom. The van der Waals surface area contributed by atoms with Gasteiger partial charge in [0.15, 0.2) is 0 Å². The molecule has 3 unspecified atom stereocenters. The van der Waals surface area contributed by atoms with E-state index in [1.165, 1.54) is 5.56 Å². The Bertz CT molecular complexity index is 629. The van der Waals surface area contributed by atoms with Gasteiger partial charge < -0.3 is 20.1 Å². The smallest absolute Gasteiger partial charge is 0.318 e. The van der Waals surface area contributed by atoms with Gasteiger partial charge in [0, 0.05) is 31.4 Å². The number of amides is 2. The Morgan fingerprint density at radius 2 is 2.23 bits per heavy atom. The number of aromatic nitrogens is 1. The minimum atomic E-state index is -0.331. The number of aliphatic hydroxyl groups excluding tert-OH is 1. The number of urea groups is 1. The molecule has 2 amide bonds. The number of hydrogen-bond acceptors (Lipinski definition) is 4. The molecule has 1 aliphatic carbocycles. The second kappa shape index (κ2) is 7.92. The molecule has 2 fully saturated rings. The fraction of sp³-hybridized carbons (Fsp3) is 0.700. The molecule has 0 bridgehead atoms. The predicted molar refractivity (Wildman–Crippen MR) is 99.8 cm³/mol. The van der Waals surface area contributed by atoms with Crippen molar-refractivity contribution in [1.29, 1.82) is 0 Å². The third-order valence-corrected chi connectivity index (χ3v) is 5.59. The van der Waals surface area contributed by atoms with Gasteiger partial charge in [0.1, 0.15) is 0 Å². The van der Waals surface area contributed by atoms with Gasteiger partial charge >= 0.3 is 6.03 Å². The summed E-state index contributed by atoms with van der Waals surface area (Å²) in [5.74, 6) is 0.115. The molecule has 2 heterocycles. The van der Waals surface area contributed by atoms with Gasteiger partial charge in [-0.05, 0) is 35.4 Å². The maximum Gasteiger partial charge on any atom is 0.318 e. The maximum absolute atomic E-state index is 12.9. The lowest BCUT2D eigenvalue weighted by Crippen LogP contribution is -2.56. The first-order valence-corrected chi connectivity index (χ1v) is 9.61. The van der Waals surface area contributed by atoms with Crippen molar-refractivity contribution in [2.45, 2.75) is 64.1 Å². The molecule has 2 aliphatic rings. The van der Waals surface area contributed by atoms with Crippen LogP contribution in [0.1, 0.15) is 51.2 Å². The standard InChI is InChI=1S/C20H31N3O3/c1-20(2,3)16-7-8-21-11-14(16)12-22-19(25)23-9-10-26-13-17(23)15-5-4-6-18(15)24/h7-8,11,15,17-18,24H,4-6,9-10,12-13H2,1-3H3,(H,22,25). The van der Waals surface area contributed by atoms with Crippen molar-refractivity contribution in [3.05, 3.63) is 29.6 Å².